The Bertz CT molecular complexity index is 770. The van der Waals surface area contributed by atoms with Gasteiger partial charge in [0.15, 0.2) is 5.16 Å². The molecule has 2 heterocycles. The predicted octanol–water partition coefficient (Wildman–Crippen LogP) is 1.20. The highest BCUT2D eigenvalue weighted by Crippen LogP contribution is 2.15. The maximum atomic E-state index is 12.5. The van der Waals surface area contributed by atoms with Crippen molar-refractivity contribution < 1.29 is 14.7 Å². The minimum Gasteiger partial charge on any atom is -0.389 e. The molecule has 8 heteroatoms. The molecule has 1 aliphatic heterocycles. The lowest BCUT2D eigenvalue weighted by Crippen LogP contribution is -2.55. The van der Waals surface area contributed by atoms with Crippen molar-refractivity contribution >= 4 is 23.6 Å². The van der Waals surface area contributed by atoms with Crippen molar-refractivity contribution in [1.29, 1.82) is 0 Å². The summed E-state index contributed by atoms with van der Waals surface area (Å²) in [4.78, 5) is 34.5. The van der Waals surface area contributed by atoms with Gasteiger partial charge >= 0.3 is 0 Å². The van der Waals surface area contributed by atoms with Gasteiger partial charge in [-0.05, 0) is 24.8 Å². The zero-order valence-corrected chi connectivity index (χ0v) is 15.1. The second-order valence-electron chi connectivity index (χ2n) is 6.01. The number of hydrogen-bond acceptors (Lipinski definition) is 6. The van der Waals surface area contributed by atoms with Crippen LogP contribution in [-0.2, 0) is 0 Å². The number of benzene rings is 1. The standard InChI is InChI=1S/C18H20N4O3S/c1-26-18-19-9-13(10-20-18)16(24)21-14-7-8-22(11-15(14)23)17(25)12-5-3-2-4-6-12/h2-6,9-10,14-15,23H,7-8,11H2,1H3,(H,21,24)/t14-,15-/m1/s1. The molecule has 1 aliphatic rings. The van der Waals surface area contributed by atoms with Crippen LogP contribution in [0.25, 0.3) is 0 Å². The van der Waals surface area contributed by atoms with E-state index in [-0.39, 0.29) is 18.4 Å². The summed E-state index contributed by atoms with van der Waals surface area (Å²) in [6.07, 6.45) is 4.45. The van der Waals surface area contributed by atoms with E-state index in [0.717, 1.165) is 0 Å². The van der Waals surface area contributed by atoms with E-state index >= 15 is 0 Å². The van der Waals surface area contributed by atoms with Gasteiger partial charge in [0.1, 0.15) is 0 Å². The van der Waals surface area contributed by atoms with Gasteiger partial charge in [-0.15, -0.1) is 0 Å². The first kappa shape index (κ1) is 18.3. The normalized spacial score (nSPS) is 19.8. The molecule has 0 saturated carbocycles. The van der Waals surface area contributed by atoms with Crippen molar-refractivity contribution in [2.75, 3.05) is 19.3 Å². The first-order valence-electron chi connectivity index (χ1n) is 8.28. The van der Waals surface area contributed by atoms with Gasteiger partial charge in [0.25, 0.3) is 11.8 Å². The monoisotopic (exact) mass is 372 g/mol. The van der Waals surface area contributed by atoms with E-state index in [0.29, 0.717) is 29.2 Å². The molecule has 1 aromatic carbocycles. The molecule has 7 nitrogen and oxygen atoms in total. The van der Waals surface area contributed by atoms with Crippen LogP contribution in [-0.4, -0.2) is 63.3 Å². The van der Waals surface area contributed by atoms with Crippen LogP contribution in [0, 0.1) is 0 Å². The van der Waals surface area contributed by atoms with Crippen molar-refractivity contribution in [3.63, 3.8) is 0 Å². The number of aliphatic hydroxyl groups excluding tert-OH is 1. The van der Waals surface area contributed by atoms with E-state index in [2.05, 4.69) is 15.3 Å². The Hall–Kier alpha value is -2.45. The minimum atomic E-state index is -0.827. The molecule has 2 atom stereocenters. The Morgan fingerprint density at radius 3 is 2.50 bits per heavy atom. The number of rotatable bonds is 4. The van der Waals surface area contributed by atoms with Crippen molar-refractivity contribution in [2.45, 2.75) is 23.7 Å². The molecule has 1 fully saturated rings. The van der Waals surface area contributed by atoms with Gasteiger partial charge < -0.3 is 15.3 Å². The molecule has 1 aromatic heterocycles. The van der Waals surface area contributed by atoms with E-state index in [1.54, 1.807) is 29.2 Å². The van der Waals surface area contributed by atoms with Crippen molar-refractivity contribution in [2.24, 2.45) is 0 Å². The Morgan fingerprint density at radius 1 is 1.19 bits per heavy atom. The molecule has 136 valence electrons. The van der Waals surface area contributed by atoms with Crippen LogP contribution in [0.1, 0.15) is 27.1 Å². The number of aromatic nitrogens is 2. The summed E-state index contributed by atoms with van der Waals surface area (Å²) < 4.78 is 0. The summed E-state index contributed by atoms with van der Waals surface area (Å²) in [5.74, 6) is -0.444. The molecule has 0 aliphatic carbocycles. The summed E-state index contributed by atoms with van der Waals surface area (Å²) >= 11 is 1.39. The molecule has 0 unspecified atom stereocenters. The van der Waals surface area contributed by atoms with Crippen LogP contribution in [0.2, 0.25) is 0 Å². The number of piperidine rings is 1. The molecule has 0 bridgehead atoms. The summed E-state index contributed by atoms with van der Waals surface area (Å²) in [5.41, 5.74) is 0.936. The number of thioether (sulfide) groups is 1. The first-order chi connectivity index (χ1) is 12.6. The van der Waals surface area contributed by atoms with E-state index < -0.39 is 12.1 Å². The van der Waals surface area contributed by atoms with Crippen LogP contribution < -0.4 is 5.32 Å². The fraction of sp³-hybridized carbons (Fsp3) is 0.333. The summed E-state index contributed by atoms with van der Waals surface area (Å²) in [7, 11) is 0. The smallest absolute Gasteiger partial charge is 0.254 e. The number of amides is 2. The van der Waals surface area contributed by atoms with Gasteiger partial charge in [-0.25, -0.2) is 9.97 Å². The van der Waals surface area contributed by atoms with Crippen molar-refractivity contribution in [1.82, 2.24) is 20.2 Å². The van der Waals surface area contributed by atoms with Crippen LogP contribution in [0.5, 0.6) is 0 Å². The number of β-amino-alcohol motifs (C(OH)–C–C–N with tert-alkyl or cyclic N) is 1. The molecular formula is C18H20N4O3S. The average Bonchev–Trinajstić information content (AvgIpc) is 2.69. The Balaban J connectivity index is 1.58. The SMILES string of the molecule is CSc1ncc(C(=O)N[C@@H]2CCN(C(=O)c3ccccc3)C[C@H]2O)cn1. The number of aliphatic hydroxyl groups is 1. The quantitative estimate of drug-likeness (QED) is 0.619. The largest absolute Gasteiger partial charge is 0.389 e. The third-order valence-corrected chi connectivity index (χ3v) is 4.86. The third kappa shape index (κ3) is 4.20. The minimum absolute atomic E-state index is 0.115. The second-order valence-corrected chi connectivity index (χ2v) is 6.79. The number of nitrogens with zero attached hydrogens (tertiary/aromatic N) is 3. The molecule has 3 rings (SSSR count). The molecule has 0 radical (unpaired) electrons. The molecule has 26 heavy (non-hydrogen) atoms. The lowest BCUT2D eigenvalue weighted by atomic mass is 10.0. The second kappa shape index (κ2) is 8.29. The van der Waals surface area contributed by atoms with Gasteiger partial charge in [0.2, 0.25) is 0 Å². The fourth-order valence-electron chi connectivity index (χ4n) is 2.84. The highest BCUT2D eigenvalue weighted by molar-refractivity contribution is 7.98. The van der Waals surface area contributed by atoms with Crippen molar-refractivity contribution in [3.8, 4) is 0 Å². The van der Waals surface area contributed by atoms with Crippen molar-refractivity contribution in [3.05, 3.63) is 53.9 Å². The van der Waals surface area contributed by atoms with Gasteiger partial charge in [-0.3, -0.25) is 9.59 Å². The molecule has 1 saturated heterocycles. The van der Waals surface area contributed by atoms with Gasteiger partial charge in [0, 0.05) is 31.0 Å². The highest BCUT2D eigenvalue weighted by Gasteiger charge is 2.31. The average molecular weight is 372 g/mol. The Kier molecular flexibility index (Phi) is 5.85. The fourth-order valence-corrected chi connectivity index (χ4v) is 3.15. The predicted molar refractivity (Wildman–Crippen MR) is 98.0 cm³/mol. The van der Waals surface area contributed by atoms with Crippen LogP contribution >= 0.6 is 11.8 Å². The number of nitrogens with one attached hydrogen (secondary N) is 1. The number of hydrogen-bond donors (Lipinski definition) is 2. The summed E-state index contributed by atoms with van der Waals surface area (Å²) in [6.45, 7) is 0.651. The number of carbonyl (C=O) groups is 2. The zero-order chi connectivity index (χ0) is 18.5. The first-order valence-corrected chi connectivity index (χ1v) is 9.50. The van der Waals surface area contributed by atoms with Gasteiger partial charge in [-0.2, -0.15) is 0 Å². The Labute approximate surface area is 155 Å². The van der Waals surface area contributed by atoms with E-state index in [1.807, 2.05) is 12.3 Å². The van der Waals surface area contributed by atoms with E-state index in [1.165, 1.54) is 24.2 Å². The van der Waals surface area contributed by atoms with E-state index in [9.17, 15) is 14.7 Å². The van der Waals surface area contributed by atoms with Crippen LogP contribution in [0.15, 0.2) is 47.9 Å². The lowest BCUT2D eigenvalue weighted by Gasteiger charge is -2.36. The highest BCUT2D eigenvalue weighted by atomic mass is 32.2. The zero-order valence-electron chi connectivity index (χ0n) is 14.3. The topological polar surface area (TPSA) is 95.4 Å². The third-order valence-electron chi connectivity index (χ3n) is 4.28. The van der Waals surface area contributed by atoms with Crippen LogP contribution in [0.4, 0.5) is 0 Å². The van der Waals surface area contributed by atoms with Gasteiger partial charge in [0.05, 0.1) is 17.7 Å². The van der Waals surface area contributed by atoms with Gasteiger partial charge in [-0.1, -0.05) is 30.0 Å². The molecule has 2 N–H and O–H groups in total. The van der Waals surface area contributed by atoms with E-state index in [4.69, 9.17) is 0 Å². The maximum Gasteiger partial charge on any atom is 0.254 e. The lowest BCUT2D eigenvalue weighted by molar-refractivity contribution is 0.0314. The summed E-state index contributed by atoms with van der Waals surface area (Å²) in [6, 6.07) is 8.55. The van der Waals surface area contributed by atoms with Crippen LogP contribution in [0.3, 0.4) is 0 Å². The number of likely N-dealkylation sites (tertiary alicyclic amines) is 1. The molecule has 2 amide bonds. The summed E-state index contributed by atoms with van der Waals surface area (Å²) in [5, 5.41) is 13.8. The molecule has 0 spiro atoms. The maximum absolute atomic E-state index is 12.5. The molecule has 2 aromatic rings. The molecular weight excluding hydrogens is 352 g/mol. The number of carbonyl (C=O) groups excluding carboxylic acids is 2. The Morgan fingerprint density at radius 2 is 1.88 bits per heavy atom.